The van der Waals surface area contributed by atoms with Gasteiger partial charge in [0.1, 0.15) is 5.82 Å². The van der Waals surface area contributed by atoms with E-state index in [2.05, 4.69) is 29.2 Å². The van der Waals surface area contributed by atoms with Crippen LogP contribution >= 0.6 is 12.4 Å². The number of likely N-dealkylation sites (tertiary alicyclic amines) is 1. The largest absolute Gasteiger partial charge is 0.303 e. The number of fused-ring (bicyclic) bond motifs is 1. The van der Waals surface area contributed by atoms with E-state index in [1.165, 1.54) is 67.6 Å². The van der Waals surface area contributed by atoms with Gasteiger partial charge in [-0.2, -0.15) is 0 Å². The van der Waals surface area contributed by atoms with E-state index in [0.29, 0.717) is 0 Å². The fourth-order valence-corrected chi connectivity index (χ4v) is 4.22. The van der Waals surface area contributed by atoms with Gasteiger partial charge in [0.2, 0.25) is 0 Å². The Kier molecular flexibility index (Phi) is 6.50. The summed E-state index contributed by atoms with van der Waals surface area (Å²) in [5, 5.41) is 0. The first kappa shape index (κ1) is 19.1. The standard InChI is InChI=1S/C23H26FN.ClH/c24-20-11-8-18(9-12-20)21-6-5-7-22-19(10-13-23(21)22)14-17-25-15-3-1-2-4-16-25;/h5-12H,1-4,13-17H2;1H. The minimum absolute atomic E-state index is 0. The van der Waals surface area contributed by atoms with Crippen molar-refractivity contribution in [3.05, 3.63) is 65.5 Å². The molecular weight excluding hydrogens is 345 g/mol. The molecular formula is C23H27ClFN. The first-order valence-corrected chi connectivity index (χ1v) is 9.61. The van der Waals surface area contributed by atoms with E-state index < -0.39 is 0 Å². The van der Waals surface area contributed by atoms with Crippen molar-refractivity contribution in [3.8, 4) is 11.1 Å². The van der Waals surface area contributed by atoms with E-state index in [1.807, 2.05) is 12.1 Å². The second-order valence-corrected chi connectivity index (χ2v) is 7.28. The minimum Gasteiger partial charge on any atom is -0.303 e. The van der Waals surface area contributed by atoms with Crippen LogP contribution in [0.5, 0.6) is 0 Å². The SMILES string of the molecule is Cl.Fc1ccc(-c2cccc3c2CC=C3CCN2CCCCCC2)cc1. The Bertz CT molecular complexity index is 758. The lowest BCUT2D eigenvalue weighted by Gasteiger charge is -2.20. The minimum atomic E-state index is -0.174. The molecule has 0 radical (unpaired) electrons. The molecule has 138 valence electrons. The first-order valence-electron chi connectivity index (χ1n) is 9.61. The van der Waals surface area contributed by atoms with Crippen molar-refractivity contribution in [2.45, 2.75) is 38.5 Å². The van der Waals surface area contributed by atoms with Crippen molar-refractivity contribution in [1.82, 2.24) is 4.90 Å². The van der Waals surface area contributed by atoms with Crippen LogP contribution in [0.1, 0.15) is 43.2 Å². The maximum absolute atomic E-state index is 13.2. The molecule has 0 amide bonds. The molecule has 3 heteroatoms. The van der Waals surface area contributed by atoms with Gasteiger partial charge in [0.05, 0.1) is 0 Å². The third-order valence-electron chi connectivity index (χ3n) is 5.63. The van der Waals surface area contributed by atoms with Crippen molar-refractivity contribution in [1.29, 1.82) is 0 Å². The molecule has 0 saturated carbocycles. The number of hydrogen-bond acceptors (Lipinski definition) is 1. The van der Waals surface area contributed by atoms with Crippen LogP contribution in [0.2, 0.25) is 0 Å². The summed E-state index contributed by atoms with van der Waals surface area (Å²) in [6.45, 7) is 3.69. The highest BCUT2D eigenvalue weighted by molar-refractivity contribution is 5.85. The monoisotopic (exact) mass is 371 g/mol. The Morgan fingerprint density at radius 2 is 1.54 bits per heavy atom. The second-order valence-electron chi connectivity index (χ2n) is 7.28. The molecule has 1 nitrogen and oxygen atoms in total. The molecule has 0 atom stereocenters. The molecule has 1 aliphatic carbocycles. The van der Waals surface area contributed by atoms with Crippen molar-refractivity contribution >= 4 is 18.0 Å². The van der Waals surface area contributed by atoms with Gasteiger partial charge in [-0.05, 0) is 78.7 Å². The summed E-state index contributed by atoms with van der Waals surface area (Å²) in [4.78, 5) is 2.63. The van der Waals surface area contributed by atoms with Gasteiger partial charge in [-0.25, -0.2) is 4.39 Å². The van der Waals surface area contributed by atoms with Crippen LogP contribution in [-0.2, 0) is 6.42 Å². The summed E-state index contributed by atoms with van der Waals surface area (Å²) in [5.41, 5.74) is 6.65. The van der Waals surface area contributed by atoms with E-state index in [0.717, 1.165) is 18.4 Å². The summed E-state index contributed by atoms with van der Waals surface area (Å²) >= 11 is 0. The number of nitrogens with zero attached hydrogens (tertiary/aromatic N) is 1. The van der Waals surface area contributed by atoms with Crippen LogP contribution in [0.25, 0.3) is 16.7 Å². The highest BCUT2D eigenvalue weighted by Gasteiger charge is 2.19. The molecule has 4 rings (SSSR count). The van der Waals surface area contributed by atoms with Crippen LogP contribution in [0.4, 0.5) is 4.39 Å². The number of halogens is 2. The Morgan fingerprint density at radius 3 is 2.27 bits per heavy atom. The van der Waals surface area contributed by atoms with Gasteiger partial charge < -0.3 is 4.90 Å². The Hall–Kier alpha value is -1.64. The topological polar surface area (TPSA) is 3.24 Å². The molecule has 26 heavy (non-hydrogen) atoms. The highest BCUT2D eigenvalue weighted by Crippen LogP contribution is 2.36. The Morgan fingerprint density at radius 1 is 0.846 bits per heavy atom. The molecule has 1 heterocycles. The lowest BCUT2D eigenvalue weighted by Crippen LogP contribution is -2.25. The van der Waals surface area contributed by atoms with Crippen molar-refractivity contribution in [3.63, 3.8) is 0 Å². The fraction of sp³-hybridized carbons (Fsp3) is 0.391. The Balaban J connectivity index is 0.00000196. The zero-order chi connectivity index (χ0) is 17.1. The van der Waals surface area contributed by atoms with Gasteiger partial charge in [-0.3, -0.25) is 0 Å². The lowest BCUT2D eigenvalue weighted by atomic mass is 9.94. The Labute approximate surface area is 162 Å². The van der Waals surface area contributed by atoms with Crippen LogP contribution in [0, 0.1) is 5.82 Å². The van der Waals surface area contributed by atoms with E-state index in [-0.39, 0.29) is 18.2 Å². The molecule has 2 aliphatic rings. The third kappa shape index (κ3) is 4.19. The zero-order valence-electron chi connectivity index (χ0n) is 15.2. The lowest BCUT2D eigenvalue weighted by molar-refractivity contribution is 0.292. The van der Waals surface area contributed by atoms with Crippen LogP contribution in [0.15, 0.2) is 48.5 Å². The average Bonchev–Trinajstić information content (AvgIpc) is 2.87. The first-order chi connectivity index (χ1) is 12.3. The van der Waals surface area contributed by atoms with Gasteiger partial charge in [-0.1, -0.05) is 49.2 Å². The summed E-state index contributed by atoms with van der Waals surface area (Å²) in [7, 11) is 0. The molecule has 0 aromatic heterocycles. The summed E-state index contributed by atoms with van der Waals surface area (Å²) in [5.74, 6) is -0.174. The molecule has 1 saturated heterocycles. The van der Waals surface area contributed by atoms with E-state index in [1.54, 1.807) is 12.1 Å². The molecule has 1 fully saturated rings. The van der Waals surface area contributed by atoms with Crippen LogP contribution in [0.3, 0.4) is 0 Å². The van der Waals surface area contributed by atoms with Gasteiger partial charge in [-0.15, -0.1) is 12.4 Å². The molecule has 0 unspecified atom stereocenters. The quantitative estimate of drug-likeness (QED) is 0.625. The predicted octanol–water partition coefficient (Wildman–Crippen LogP) is 6.12. The number of hydrogen-bond donors (Lipinski definition) is 0. The zero-order valence-corrected chi connectivity index (χ0v) is 16.0. The molecule has 0 spiro atoms. The maximum atomic E-state index is 13.2. The maximum Gasteiger partial charge on any atom is 0.123 e. The molecule has 2 aromatic rings. The number of allylic oxidation sites excluding steroid dienone is 1. The second kappa shape index (κ2) is 8.83. The van der Waals surface area contributed by atoms with Gasteiger partial charge >= 0.3 is 0 Å². The van der Waals surface area contributed by atoms with Crippen molar-refractivity contribution < 1.29 is 4.39 Å². The average molecular weight is 372 g/mol. The van der Waals surface area contributed by atoms with E-state index >= 15 is 0 Å². The molecule has 2 aromatic carbocycles. The summed E-state index contributed by atoms with van der Waals surface area (Å²) in [6, 6.07) is 13.4. The van der Waals surface area contributed by atoms with Gasteiger partial charge in [0.15, 0.2) is 0 Å². The summed E-state index contributed by atoms with van der Waals surface area (Å²) < 4.78 is 13.2. The highest BCUT2D eigenvalue weighted by atomic mass is 35.5. The predicted molar refractivity (Wildman–Crippen MR) is 110 cm³/mol. The number of benzene rings is 2. The third-order valence-corrected chi connectivity index (χ3v) is 5.63. The molecule has 0 bridgehead atoms. The van der Waals surface area contributed by atoms with Gasteiger partial charge in [0, 0.05) is 6.54 Å². The van der Waals surface area contributed by atoms with E-state index in [4.69, 9.17) is 0 Å². The van der Waals surface area contributed by atoms with E-state index in [9.17, 15) is 4.39 Å². The van der Waals surface area contributed by atoms with Crippen LogP contribution < -0.4 is 0 Å². The number of rotatable bonds is 4. The fourth-order valence-electron chi connectivity index (χ4n) is 4.22. The van der Waals surface area contributed by atoms with Crippen LogP contribution in [-0.4, -0.2) is 24.5 Å². The normalized spacial score (nSPS) is 17.2. The van der Waals surface area contributed by atoms with Gasteiger partial charge in [0.25, 0.3) is 0 Å². The molecule has 1 aliphatic heterocycles. The van der Waals surface area contributed by atoms with Crippen molar-refractivity contribution in [2.75, 3.05) is 19.6 Å². The summed E-state index contributed by atoms with van der Waals surface area (Å²) in [6.07, 6.45) is 10.0. The smallest absolute Gasteiger partial charge is 0.123 e. The van der Waals surface area contributed by atoms with Crippen molar-refractivity contribution in [2.24, 2.45) is 0 Å². The molecule has 0 N–H and O–H groups in total.